The smallest absolute Gasteiger partial charge is 0.335 e. The maximum atomic E-state index is 12.8. The lowest BCUT2D eigenvalue weighted by Gasteiger charge is -2.25. The van der Waals surface area contributed by atoms with Crippen molar-refractivity contribution in [3.8, 4) is 0 Å². The number of carboxylic acids is 1. The number of rotatable bonds is 8. The van der Waals surface area contributed by atoms with E-state index in [4.69, 9.17) is 0 Å². The van der Waals surface area contributed by atoms with Crippen LogP contribution in [0.3, 0.4) is 0 Å². The molecule has 0 aromatic heterocycles. The van der Waals surface area contributed by atoms with E-state index >= 15 is 0 Å². The molecule has 0 spiro atoms. The lowest BCUT2D eigenvalue weighted by Crippen LogP contribution is -2.33. The second kappa shape index (κ2) is 8.67. The SMILES string of the molecule is CCC[C@H](C)NS(=O)(=O)c1cc(C(=O)O)ccc1NC1CCCCC1. The maximum absolute atomic E-state index is 12.8. The number of nitrogens with one attached hydrogen (secondary N) is 2. The van der Waals surface area contributed by atoms with E-state index in [-0.39, 0.29) is 22.5 Å². The van der Waals surface area contributed by atoms with E-state index < -0.39 is 16.0 Å². The molecule has 3 N–H and O–H groups in total. The number of anilines is 1. The van der Waals surface area contributed by atoms with Crippen LogP contribution in [0.15, 0.2) is 23.1 Å². The first kappa shape index (κ1) is 19.7. The summed E-state index contributed by atoms with van der Waals surface area (Å²) in [6, 6.07) is 4.28. The van der Waals surface area contributed by atoms with Gasteiger partial charge in [0, 0.05) is 12.1 Å². The van der Waals surface area contributed by atoms with E-state index in [1.807, 2.05) is 13.8 Å². The highest BCUT2D eigenvalue weighted by atomic mass is 32.2. The van der Waals surface area contributed by atoms with Crippen molar-refractivity contribution in [1.82, 2.24) is 4.72 Å². The zero-order chi connectivity index (χ0) is 18.4. The Balaban J connectivity index is 2.33. The highest BCUT2D eigenvalue weighted by Crippen LogP contribution is 2.28. The van der Waals surface area contributed by atoms with Gasteiger partial charge < -0.3 is 10.4 Å². The lowest BCUT2D eigenvalue weighted by atomic mass is 9.95. The monoisotopic (exact) mass is 368 g/mol. The van der Waals surface area contributed by atoms with Crippen LogP contribution in [0.2, 0.25) is 0 Å². The zero-order valence-electron chi connectivity index (χ0n) is 14.9. The summed E-state index contributed by atoms with van der Waals surface area (Å²) in [5.41, 5.74) is 0.450. The standard InChI is InChI=1S/C18H28N2O4S/c1-3-7-13(2)20-25(23,24)17-12-14(18(21)22)10-11-16(17)19-15-8-5-4-6-9-15/h10-13,15,19-20H,3-9H2,1-2H3,(H,21,22)/t13-/m0/s1. The summed E-state index contributed by atoms with van der Waals surface area (Å²) in [6.07, 6.45) is 7.05. The van der Waals surface area contributed by atoms with Crippen molar-refractivity contribution in [2.45, 2.75) is 75.8 Å². The molecule has 0 heterocycles. The fourth-order valence-electron chi connectivity index (χ4n) is 3.28. The van der Waals surface area contributed by atoms with Crippen LogP contribution < -0.4 is 10.0 Å². The van der Waals surface area contributed by atoms with Crippen molar-refractivity contribution in [3.63, 3.8) is 0 Å². The molecule has 0 bridgehead atoms. The van der Waals surface area contributed by atoms with Gasteiger partial charge in [0.15, 0.2) is 0 Å². The summed E-state index contributed by atoms with van der Waals surface area (Å²) in [4.78, 5) is 11.3. The average molecular weight is 368 g/mol. The molecule has 1 atom stereocenters. The molecular formula is C18H28N2O4S. The molecule has 0 aliphatic heterocycles. The third-order valence-corrected chi connectivity index (χ3v) is 6.19. The molecule has 2 rings (SSSR count). The highest BCUT2D eigenvalue weighted by molar-refractivity contribution is 7.89. The molecule has 1 aliphatic rings. The minimum Gasteiger partial charge on any atom is -0.478 e. The third kappa shape index (κ3) is 5.44. The molecular weight excluding hydrogens is 340 g/mol. The molecule has 140 valence electrons. The predicted octanol–water partition coefficient (Wildman–Crippen LogP) is 3.60. The summed E-state index contributed by atoms with van der Waals surface area (Å²) in [5.74, 6) is -1.14. The van der Waals surface area contributed by atoms with Crippen molar-refractivity contribution in [2.24, 2.45) is 0 Å². The number of hydrogen-bond acceptors (Lipinski definition) is 4. The second-order valence-corrected chi connectivity index (χ2v) is 8.49. The molecule has 0 unspecified atom stereocenters. The summed E-state index contributed by atoms with van der Waals surface area (Å²) in [5, 5.41) is 12.5. The first-order chi connectivity index (χ1) is 11.8. The van der Waals surface area contributed by atoms with Gasteiger partial charge in [0.25, 0.3) is 0 Å². The Morgan fingerprint density at radius 2 is 1.96 bits per heavy atom. The van der Waals surface area contributed by atoms with Crippen molar-refractivity contribution in [1.29, 1.82) is 0 Å². The van der Waals surface area contributed by atoms with Crippen LogP contribution >= 0.6 is 0 Å². The van der Waals surface area contributed by atoms with Crippen LogP contribution in [0.4, 0.5) is 5.69 Å². The summed E-state index contributed by atoms with van der Waals surface area (Å²) < 4.78 is 28.3. The highest BCUT2D eigenvalue weighted by Gasteiger charge is 2.24. The van der Waals surface area contributed by atoms with Gasteiger partial charge in [0.05, 0.1) is 11.3 Å². The molecule has 1 aromatic rings. The summed E-state index contributed by atoms with van der Waals surface area (Å²) >= 11 is 0. The number of sulfonamides is 1. The molecule has 0 saturated heterocycles. The Morgan fingerprint density at radius 3 is 2.56 bits per heavy atom. The van der Waals surface area contributed by atoms with Crippen LogP contribution in [0.25, 0.3) is 0 Å². The molecule has 1 aliphatic carbocycles. The number of aromatic carboxylic acids is 1. The van der Waals surface area contributed by atoms with Gasteiger partial charge in [-0.15, -0.1) is 0 Å². The topological polar surface area (TPSA) is 95.5 Å². The lowest BCUT2D eigenvalue weighted by molar-refractivity contribution is 0.0696. The van der Waals surface area contributed by atoms with Crippen molar-refractivity contribution in [3.05, 3.63) is 23.8 Å². The van der Waals surface area contributed by atoms with Crippen LogP contribution in [-0.4, -0.2) is 31.6 Å². The molecule has 0 radical (unpaired) electrons. The first-order valence-corrected chi connectivity index (χ1v) is 10.5. The second-order valence-electron chi connectivity index (χ2n) is 6.81. The Labute approximate surface area is 150 Å². The van der Waals surface area contributed by atoms with E-state index in [1.165, 1.54) is 18.6 Å². The van der Waals surface area contributed by atoms with Gasteiger partial charge >= 0.3 is 5.97 Å². The molecule has 7 heteroatoms. The van der Waals surface area contributed by atoms with Crippen molar-refractivity contribution < 1.29 is 18.3 Å². The third-order valence-electron chi connectivity index (χ3n) is 4.56. The minimum absolute atomic E-state index is 0.0147. The Hall–Kier alpha value is -1.60. The Bertz CT molecular complexity index is 697. The Morgan fingerprint density at radius 1 is 1.28 bits per heavy atom. The van der Waals surface area contributed by atoms with E-state index in [0.29, 0.717) is 5.69 Å². The number of hydrogen-bond donors (Lipinski definition) is 3. The van der Waals surface area contributed by atoms with Gasteiger partial charge in [0.2, 0.25) is 10.0 Å². The van der Waals surface area contributed by atoms with Gasteiger partial charge in [-0.05, 0) is 44.4 Å². The van der Waals surface area contributed by atoms with Crippen LogP contribution in [0.5, 0.6) is 0 Å². The van der Waals surface area contributed by atoms with E-state index in [1.54, 1.807) is 6.07 Å². The summed E-state index contributed by atoms with van der Waals surface area (Å²) in [6.45, 7) is 3.81. The van der Waals surface area contributed by atoms with Crippen LogP contribution in [0, 0.1) is 0 Å². The van der Waals surface area contributed by atoms with Gasteiger partial charge in [-0.2, -0.15) is 0 Å². The quantitative estimate of drug-likeness (QED) is 0.652. The van der Waals surface area contributed by atoms with E-state index in [9.17, 15) is 18.3 Å². The fourth-order valence-corrected chi connectivity index (χ4v) is 4.76. The fraction of sp³-hybridized carbons (Fsp3) is 0.611. The molecule has 6 nitrogen and oxygen atoms in total. The van der Waals surface area contributed by atoms with Crippen molar-refractivity contribution in [2.75, 3.05) is 5.32 Å². The number of carboxylic acid groups (broad SMARTS) is 1. The molecule has 1 saturated carbocycles. The largest absolute Gasteiger partial charge is 0.478 e. The zero-order valence-corrected chi connectivity index (χ0v) is 15.7. The van der Waals surface area contributed by atoms with Gasteiger partial charge in [0.1, 0.15) is 4.90 Å². The number of carbonyl (C=O) groups is 1. The average Bonchev–Trinajstić information content (AvgIpc) is 2.55. The molecule has 0 amide bonds. The number of benzene rings is 1. The molecule has 25 heavy (non-hydrogen) atoms. The maximum Gasteiger partial charge on any atom is 0.335 e. The summed E-state index contributed by atoms with van der Waals surface area (Å²) in [7, 11) is -3.79. The van der Waals surface area contributed by atoms with E-state index in [2.05, 4.69) is 10.0 Å². The minimum atomic E-state index is -3.79. The Kier molecular flexibility index (Phi) is 6.84. The van der Waals surface area contributed by atoms with Crippen LogP contribution in [-0.2, 0) is 10.0 Å². The first-order valence-electron chi connectivity index (χ1n) is 8.99. The van der Waals surface area contributed by atoms with Crippen molar-refractivity contribution >= 4 is 21.7 Å². The predicted molar refractivity (Wildman–Crippen MR) is 98.6 cm³/mol. The van der Waals surface area contributed by atoms with Gasteiger partial charge in [-0.1, -0.05) is 32.6 Å². The molecule has 1 aromatic carbocycles. The van der Waals surface area contributed by atoms with Gasteiger partial charge in [-0.25, -0.2) is 17.9 Å². The normalized spacial score (nSPS) is 17.2. The van der Waals surface area contributed by atoms with Gasteiger partial charge in [-0.3, -0.25) is 0 Å². The molecule has 1 fully saturated rings. The van der Waals surface area contributed by atoms with E-state index in [0.717, 1.165) is 38.5 Å². The van der Waals surface area contributed by atoms with Crippen LogP contribution in [0.1, 0.15) is 69.2 Å².